The number of nitrogens with one attached hydrogen (secondary N) is 1. The molecule has 18 heavy (non-hydrogen) atoms. The number of hydrogen-bond donors (Lipinski definition) is 2. The van der Waals surface area contributed by atoms with E-state index in [9.17, 15) is 14.7 Å². The van der Waals surface area contributed by atoms with Crippen molar-refractivity contribution in [3.05, 3.63) is 35.4 Å². The summed E-state index contributed by atoms with van der Waals surface area (Å²) in [6.07, 6.45) is 0.627. The van der Waals surface area contributed by atoms with Gasteiger partial charge in [-0.1, -0.05) is 24.3 Å². The van der Waals surface area contributed by atoms with E-state index in [-0.39, 0.29) is 11.9 Å². The lowest BCUT2D eigenvalue weighted by Crippen LogP contribution is -2.93. The Morgan fingerprint density at radius 2 is 2.06 bits per heavy atom. The first-order valence-electron chi connectivity index (χ1n) is 5.99. The molecule has 3 N–H and O–H groups in total. The van der Waals surface area contributed by atoms with Crippen LogP contribution in [0.2, 0.25) is 0 Å². The highest BCUT2D eigenvalue weighted by Gasteiger charge is 2.28. The second-order valence-corrected chi connectivity index (χ2v) is 4.57. The summed E-state index contributed by atoms with van der Waals surface area (Å²) >= 11 is 0. The summed E-state index contributed by atoms with van der Waals surface area (Å²) < 4.78 is 0. The molecule has 1 aromatic rings. The zero-order valence-electron chi connectivity index (χ0n) is 10.2. The number of rotatable bonds is 3. The van der Waals surface area contributed by atoms with Gasteiger partial charge >= 0.3 is 0 Å². The molecule has 0 radical (unpaired) electrons. The molecular formula is C13H16N2O3. The van der Waals surface area contributed by atoms with E-state index in [0.717, 1.165) is 12.1 Å². The average molecular weight is 248 g/mol. The molecule has 0 saturated heterocycles. The van der Waals surface area contributed by atoms with Crippen LogP contribution in [0.4, 0.5) is 0 Å². The molecule has 0 saturated carbocycles. The fourth-order valence-electron chi connectivity index (χ4n) is 2.12. The third-order valence-corrected chi connectivity index (χ3v) is 3.23. The van der Waals surface area contributed by atoms with Crippen molar-refractivity contribution in [3.63, 3.8) is 0 Å². The summed E-state index contributed by atoms with van der Waals surface area (Å²) in [6.45, 7) is 2.15. The molecule has 1 heterocycles. The van der Waals surface area contributed by atoms with E-state index >= 15 is 0 Å². The van der Waals surface area contributed by atoms with Crippen molar-refractivity contribution in [2.45, 2.75) is 32.0 Å². The smallest absolute Gasteiger partial charge is 0.279 e. The van der Waals surface area contributed by atoms with E-state index in [1.54, 1.807) is 0 Å². The molecule has 1 aliphatic rings. The van der Waals surface area contributed by atoms with Crippen molar-refractivity contribution in [3.8, 4) is 0 Å². The number of aliphatic carboxylic acids is 1. The number of carboxylic acid groups (broad SMARTS) is 1. The third kappa shape index (κ3) is 2.68. The van der Waals surface area contributed by atoms with Gasteiger partial charge in [0.2, 0.25) is 0 Å². The van der Waals surface area contributed by atoms with Gasteiger partial charge in [-0.05, 0) is 12.5 Å². The van der Waals surface area contributed by atoms with Gasteiger partial charge in [-0.2, -0.15) is 0 Å². The molecule has 0 fully saturated rings. The predicted octanol–water partition coefficient (Wildman–Crippen LogP) is -2.07. The largest absolute Gasteiger partial charge is 0.548 e. The van der Waals surface area contributed by atoms with Crippen LogP contribution in [0.1, 0.15) is 18.1 Å². The summed E-state index contributed by atoms with van der Waals surface area (Å²) in [5, 5.41) is 15.0. The second kappa shape index (κ2) is 5.18. The minimum absolute atomic E-state index is 0.249. The number of quaternary nitrogens is 1. The summed E-state index contributed by atoms with van der Waals surface area (Å²) in [5.74, 6) is -1.51. The maximum absolute atomic E-state index is 11.9. The molecule has 1 aliphatic heterocycles. The number of fused-ring (bicyclic) bond motifs is 1. The van der Waals surface area contributed by atoms with Crippen LogP contribution in [0.15, 0.2) is 24.3 Å². The first-order valence-corrected chi connectivity index (χ1v) is 5.99. The third-order valence-electron chi connectivity index (χ3n) is 3.23. The molecule has 5 nitrogen and oxygen atoms in total. The topological polar surface area (TPSA) is 85.8 Å². The predicted molar refractivity (Wildman–Crippen MR) is 62.2 cm³/mol. The maximum Gasteiger partial charge on any atom is 0.279 e. The Labute approximate surface area is 105 Å². The number of hydrogen-bond acceptors (Lipinski definition) is 3. The maximum atomic E-state index is 11.9. The molecule has 5 heteroatoms. The Bertz CT molecular complexity index is 473. The van der Waals surface area contributed by atoms with Crippen molar-refractivity contribution in [2.24, 2.45) is 0 Å². The van der Waals surface area contributed by atoms with Crippen LogP contribution < -0.4 is 15.7 Å². The second-order valence-electron chi connectivity index (χ2n) is 4.57. The molecule has 96 valence electrons. The van der Waals surface area contributed by atoms with Gasteiger partial charge in [0.1, 0.15) is 6.54 Å². The number of benzene rings is 1. The number of carboxylic acids is 1. The SMILES string of the molecule is C[C@H](NC(=O)[C@@H]1Cc2ccccc2C[NH2+]1)C(=O)[O-]. The lowest BCUT2D eigenvalue weighted by atomic mass is 9.95. The molecule has 2 rings (SSSR count). The molecule has 0 aromatic heterocycles. The van der Waals surface area contributed by atoms with Gasteiger partial charge in [-0.25, -0.2) is 0 Å². The quantitative estimate of drug-likeness (QED) is 0.644. The Hall–Kier alpha value is -1.88. The van der Waals surface area contributed by atoms with Gasteiger partial charge in [0.05, 0.1) is 12.0 Å². The standard InChI is InChI=1S/C13H16N2O3/c1-8(13(17)18)15-12(16)11-6-9-4-2-3-5-10(9)7-14-11/h2-5,8,11,14H,6-7H2,1H3,(H,15,16)(H,17,18)/t8-,11-/m0/s1. The molecule has 2 atom stereocenters. The summed E-state index contributed by atoms with van der Waals surface area (Å²) in [4.78, 5) is 22.5. The zero-order valence-corrected chi connectivity index (χ0v) is 10.2. The first kappa shape index (κ1) is 12.6. The highest BCUT2D eigenvalue weighted by Crippen LogP contribution is 2.12. The summed E-state index contributed by atoms with van der Waals surface area (Å²) in [6, 6.07) is 6.76. The molecular weight excluding hydrogens is 232 g/mol. The number of nitrogens with two attached hydrogens (primary N) is 1. The van der Waals surface area contributed by atoms with Gasteiger partial charge in [0.25, 0.3) is 5.91 Å². The normalized spacial score (nSPS) is 19.7. The molecule has 0 aliphatic carbocycles. The van der Waals surface area contributed by atoms with Gasteiger partial charge in [0, 0.05) is 12.0 Å². The van der Waals surface area contributed by atoms with Gasteiger partial charge in [0.15, 0.2) is 6.04 Å². The molecule has 1 amide bonds. The van der Waals surface area contributed by atoms with Crippen molar-refractivity contribution >= 4 is 11.9 Å². The minimum atomic E-state index is -1.26. The Balaban J connectivity index is 2.00. The highest BCUT2D eigenvalue weighted by molar-refractivity contribution is 5.85. The summed E-state index contributed by atoms with van der Waals surface area (Å²) in [7, 11) is 0. The van der Waals surface area contributed by atoms with Crippen LogP contribution in [0.25, 0.3) is 0 Å². The van der Waals surface area contributed by atoms with E-state index in [1.165, 1.54) is 12.5 Å². The van der Waals surface area contributed by atoms with Gasteiger partial charge < -0.3 is 20.5 Å². The molecule has 1 aromatic carbocycles. The van der Waals surface area contributed by atoms with Crippen LogP contribution in [0.5, 0.6) is 0 Å². The van der Waals surface area contributed by atoms with Crippen LogP contribution in [-0.2, 0) is 22.6 Å². The van der Waals surface area contributed by atoms with Gasteiger partial charge in [-0.15, -0.1) is 0 Å². The van der Waals surface area contributed by atoms with Crippen molar-refractivity contribution in [1.82, 2.24) is 5.32 Å². The van der Waals surface area contributed by atoms with E-state index in [2.05, 4.69) is 5.32 Å². The molecule has 0 bridgehead atoms. The van der Waals surface area contributed by atoms with Crippen LogP contribution in [0.3, 0.4) is 0 Å². The molecule has 0 unspecified atom stereocenters. The van der Waals surface area contributed by atoms with Crippen LogP contribution in [-0.4, -0.2) is 24.0 Å². The van der Waals surface area contributed by atoms with Crippen LogP contribution >= 0.6 is 0 Å². The summed E-state index contributed by atoms with van der Waals surface area (Å²) in [5.41, 5.74) is 2.38. The first-order chi connectivity index (χ1) is 8.58. The monoisotopic (exact) mass is 248 g/mol. The Kier molecular flexibility index (Phi) is 3.62. The lowest BCUT2D eigenvalue weighted by Gasteiger charge is -2.24. The number of carbonyl (C=O) groups excluding carboxylic acids is 2. The molecule has 0 spiro atoms. The van der Waals surface area contributed by atoms with Crippen molar-refractivity contribution in [2.75, 3.05) is 0 Å². The minimum Gasteiger partial charge on any atom is -0.548 e. The van der Waals surface area contributed by atoms with E-state index < -0.39 is 12.0 Å². The van der Waals surface area contributed by atoms with Crippen molar-refractivity contribution in [1.29, 1.82) is 0 Å². The highest BCUT2D eigenvalue weighted by atomic mass is 16.4. The average Bonchev–Trinajstić information content (AvgIpc) is 2.37. The Morgan fingerprint density at radius 3 is 2.72 bits per heavy atom. The number of amides is 1. The fraction of sp³-hybridized carbons (Fsp3) is 0.385. The van der Waals surface area contributed by atoms with Crippen molar-refractivity contribution < 1.29 is 20.0 Å². The zero-order chi connectivity index (χ0) is 13.1. The van der Waals surface area contributed by atoms with E-state index in [0.29, 0.717) is 6.42 Å². The van der Waals surface area contributed by atoms with Crippen LogP contribution in [0, 0.1) is 0 Å². The fourth-order valence-corrected chi connectivity index (χ4v) is 2.12. The Morgan fingerprint density at radius 1 is 1.39 bits per heavy atom. The lowest BCUT2D eigenvalue weighted by molar-refractivity contribution is -0.695. The van der Waals surface area contributed by atoms with E-state index in [1.807, 2.05) is 29.6 Å². The number of carbonyl (C=O) groups is 2. The van der Waals surface area contributed by atoms with Gasteiger partial charge in [-0.3, -0.25) is 4.79 Å². The van der Waals surface area contributed by atoms with E-state index in [4.69, 9.17) is 0 Å².